The Balaban J connectivity index is 1.91. The Kier molecular flexibility index (Phi) is 5.85. The molecular weight excluding hydrogens is 262 g/mol. The molecule has 4 nitrogen and oxygen atoms in total. The molecule has 1 amide bonds. The first kappa shape index (κ1) is 16.1. The first-order chi connectivity index (χ1) is 10.1. The van der Waals surface area contributed by atoms with Crippen LogP contribution in [0.1, 0.15) is 57.2 Å². The Morgan fingerprint density at radius 3 is 2.95 bits per heavy atom. The van der Waals surface area contributed by atoms with Crippen LogP contribution in [0.4, 0.5) is 0 Å². The molecule has 0 spiro atoms. The number of carbonyl (C=O) groups excluding carboxylic acids is 1. The van der Waals surface area contributed by atoms with Crippen LogP contribution in [-0.2, 0) is 17.8 Å². The number of rotatable bonds is 7. The summed E-state index contributed by atoms with van der Waals surface area (Å²) in [5.41, 5.74) is 2.79. The van der Waals surface area contributed by atoms with E-state index in [1.807, 2.05) is 4.57 Å². The van der Waals surface area contributed by atoms with Gasteiger partial charge in [-0.2, -0.15) is 0 Å². The molecule has 0 saturated heterocycles. The van der Waals surface area contributed by atoms with Gasteiger partial charge in [-0.1, -0.05) is 20.8 Å². The normalized spacial score (nSPS) is 17.8. The van der Waals surface area contributed by atoms with Gasteiger partial charge in [0.1, 0.15) is 6.54 Å². The van der Waals surface area contributed by atoms with Crippen LogP contribution in [0, 0.1) is 5.92 Å². The maximum absolute atomic E-state index is 12.0. The van der Waals surface area contributed by atoms with E-state index in [2.05, 4.69) is 43.8 Å². The quantitative estimate of drug-likeness (QED) is 0.811. The molecule has 118 valence electrons. The van der Waals surface area contributed by atoms with Gasteiger partial charge in [0.15, 0.2) is 0 Å². The van der Waals surface area contributed by atoms with E-state index < -0.39 is 0 Å². The van der Waals surface area contributed by atoms with Crippen molar-refractivity contribution in [1.29, 1.82) is 0 Å². The molecule has 0 aromatic carbocycles. The molecule has 2 N–H and O–H groups in total. The van der Waals surface area contributed by atoms with Crippen molar-refractivity contribution in [2.75, 3.05) is 13.1 Å². The third-order valence-corrected chi connectivity index (χ3v) is 4.13. The average molecular weight is 291 g/mol. The summed E-state index contributed by atoms with van der Waals surface area (Å²) in [6.07, 6.45) is 8.92. The largest absolute Gasteiger partial charge is 0.355 e. The van der Waals surface area contributed by atoms with Crippen molar-refractivity contribution < 1.29 is 4.79 Å². The van der Waals surface area contributed by atoms with Gasteiger partial charge in [0.05, 0.1) is 0 Å². The van der Waals surface area contributed by atoms with Crippen LogP contribution in [0.15, 0.2) is 12.4 Å². The molecule has 1 aliphatic rings. The molecule has 0 aliphatic heterocycles. The van der Waals surface area contributed by atoms with E-state index in [9.17, 15) is 4.79 Å². The van der Waals surface area contributed by atoms with Crippen molar-refractivity contribution in [2.24, 2.45) is 5.92 Å². The highest BCUT2D eigenvalue weighted by molar-refractivity contribution is 5.75. The minimum absolute atomic E-state index is 0.114. The maximum Gasteiger partial charge on any atom is 0.239 e. The number of aromatic nitrogens is 1. The van der Waals surface area contributed by atoms with Crippen LogP contribution < -0.4 is 10.6 Å². The predicted molar refractivity (Wildman–Crippen MR) is 86.3 cm³/mol. The van der Waals surface area contributed by atoms with Crippen LogP contribution in [0.5, 0.6) is 0 Å². The topological polar surface area (TPSA) is 46.1 Å². The number of hydrogen-bond donors (Lipinski definition) is 2. The molecule has 0 bridgehead atoms. The smallest absolute Gasteiger partial charge is 0.239 e. The zero-order valence-electron chi connectivity index (χ0n) is 13.6. The van der Waals surface area contributed by atoms with Crippen LogP contribution in [0.2, 0.25) is 0 Å². The van der Waals surface area contributed by atoms with Crippen molar-refractivity contribution in [1.82, 2.24) is 15.2 Å². The lowest BCUT2D eigenvalue weighted by atomic mass is 9.91. The van der Waals surface area contributed by atoms with E-state index in [1.165, 1.54) is 24.0 Å². The number of hydrogen-bond acceptors (Lipinski definition) is 2. The second-order valence-corrected chi connectivity index (χ2v) is 6.45. The van der Waals surface area contributed by atoms with Gasteiger partial charge in [0, 0.05) is 25.0 Å². The SMILES string of the molecule is CCNC1CCCc2cn(CC(=O)NCCC(C)C)cc21. The molecule has 4 heteroatoms. The summed E-state index contributed by atoms with van der Waals surface area (Å²) in [6.45, 7) is 8.69. The number of nitrogens with zero attached hydrogens (tertiary/aromatic N) is 1. The molecular formula is C17H29N3O. The molecule has 1 aliphatic carbocycles. The van der Waals surface area contributed by atoms with Crippen molar-refractivity contribution in [3.63, 3.8) is 0 Å². The number of carbonyl (C=O) groups is 1. The molecule has 1 unspecified atom stereocenters. The van der Waals surface area contributed by atoms with Crippen LogP contribution in [0.3, 0.4) is 0 Å². The van der Waals surface area contributed by atoms with E-state index in [0.717, 1.165) is 25.9 Å². The Labute approximate surface area is 128 Å². The molecule has 1 atom stereocenters. The monoisotopic (exact) mass is 291 g/mol. The minimum Gasteiger partial charge on any atom is -0.355 e. The molecule has 21 heavy (non-hydrogen) atoms. The molecule has 1 aromatic heterocycles. The van der Waals surface area contributed by atoms with Gasteiger partial charge in [0.2, 0.25) is 5.91 Å². The molecule has 2 rings (SSSR count). The highest BCUT2D eigenvalue weighted by Crippen LogP contribution is 2.30. The van der Waals surface area contributed by atoms with E-state index >= 15 is 0 Å². The van der Waals surface area contributed by atoms with Gasteiger partial charge in [-0.3, -0.25) is 4.79 Å². The first-order valence-corrected chi connectivity index (χ1v) is 8.28. The fourth-order valence-corrected chi connectivity index (χ4v) is 3.02. The highest BCUT2D eigenvalue weighted by atomic mass is 16.1. The molecule has 0 fully saturated rings. The lowest BCUT2D eigenvalue weighted by molar-refractivity contribution is -0.121. The summed E-state index contributed by atoms with van der Waals surface area (Å²) in [5, 5.41) is 6.54. The summed E-state index contributed by atoms with van der Waals surface area (Å²) in [6, 6.07) is 0.462. The van der Waals surface area contributed by atoms with Crippen molar-refractivity contribution in [3.8, 4) is 0 Å². The van der Waals surface area contributed by atoms with Crippen molar-refractivity contribution >= 4 is 5.91 Å². The molecule has 1 aromatic rings. The zero-order chi connectivity index (χ0) is 15.2. The fourth-order valence-electron chi connectivity index (χ4n) is 3.02. The fraction of sp³-hybridized carbons (Fsp3) is 0.706. The third kappa shape index (κ3) is 4.60. The molecule has 1 heterocycles. The standard InChI is InChI=1S/C17H29N3O/c1-4-18-16-7-5-6-14-10-20(11-15(14)16)12-17(21)19-9-8-13(2)3/h10-11,13,16,18H,4-9,12H2,1-3H3,(H,19,21). The number of amides is 1. The summed E-state index contributed by atoms with van der Waals surface area (Å²) in [7, 11) is 0. The van der Waals surface area contributed by atoms with E-state index in [1.54, 1.807) is 0 Å². The second kappa shape index (κ2) is 7.64. The van der Waals surface area contributed by atoms with Crippen molar-refractivity contribution in [3.05, 3.63) is 23.5 Å². The highest BCUT2D eigenvalue weighted by Gasteiger charge is 2.21. The van der Waals surface area contributed by atoms with Gasteiger partial charge < -0.3 is 15.2 Å². The maximum atomic E-state index is 12.0. The number of fused-ring (bicyclic) bond motifs is 1. The van der Waals surface area contributed by atoms with E-state index in [-0.39, 0.29) is 5.91 Å². The molecule has 0 saturated carbocycles. The predicted octanol–water partition coefficient (Wildman–Crippen LogP) is 2.64. The lowest BCUT2D eigenvalue weighted by Gasteiger charge is -2.22. The minimum atomic E-state index is 0.114. The van der Waals surface area contributed by atoms with Crippen LogP contribution in [0.25, 0.3) is 0 Å². The number of aryl methyl sites for hydroxylation is 1. The van der Waals surface area contributed by atoms with Crippen molar-refractivity contribution in [2.45, 2.75) is 59.0 Å². The van der Waals surface area contributed by atoms with E-state index in [4.69, 9.17) is 0 Å². The lowest BCUT2D eigenvalue weighted by Crippen LogP contribution is -2.28. The van der Waals surface area contributed by atoms with Crippen LogP contribution in [-0.4, -0.2) is 23.6 Å². The van der Waals surface area contributed by atoms with Gasteiger partial charge in [-0.15, -0.1) is 0 Å². The summed E-state index contributed by atoms with van der Waals surface area (Å²) in [5.74, 6) is 0.744. The van der Waals surface area contributed by atoms with Gasteiger partial charge >= 0.3 is 0 Å². The second-order valence-electron chi connectivity index (χ2n) is 6.45. The van der Waals surface area contributed by atoms with E-state index in [0.29, 0.717) is 18.5 Å². The van der Waals surface area contributed by atoms with Gasteiger partial charge in [-0.05, 0) is 49.3 Å². The van der Waals surface area contributed by atoms with Crippen LogP contribution >= 0.6 is 0 Å². The third-order valence-electron chi connectivity index (χ3n) is 4.13. The Hall–Kier alpha value is -1.29. The Bertz CT molecular complexity index is 465. The Morgan fingerprint density at radius 2 is 2.24 bits per heavy atom. The average Bonchev–Trinajstić information content (AvgIpc) is 2.82. The number of nitrogens with one attached hydrogen (secondary N) is 2. The van der Waals surface area contributed by atoms with Gasteiger partial charge in [-0.25, -0.2) is 0 Å². The van der Waals surface area contributed by atoms with Gasteiger partial charge in [0.25, 0.3) is 0 Å². The zero-order valence-corrected chi connectivity index (χ0v) is 13.6. The summed E-state index contributed by atoms with van der Waals surface area (Å²) >= 11 is 0. The first-order valence-electron chi connectivity index (χ1n) is 8.28. The Morgan fingerprint density at radius 1 is 1.43 bits per heavy atom. The molecule has 0 radical (unpaired) electrons. The summed E-state index contributed by atoms with van der Waals surface area (Å²) < 4.78 is 2.05. The summed E-state index contributed by atoms with van der Waals surface area (Å²) in [4.78, 5) is 12.0.